The maximum atomic E-state index is 13.5. The number of aliphatic hydroxyl groups excluding tert-OH is 11. The van der Waals surface area contributed by atoms with Crippen LogP contribution in [0, 0.1) is 0 Å². The zero-order valence-electron chi connectivity index (χ0n) is 67.1. The van der Waals surface area contributed by atoms with Crippen molar-refractivity contribution < 1.29 is 89.4 Å². The van der Waals surface area contributed by atoms with Gasteiger partial charge in [-0.2, -0.15) is 0 Å². The first kappa shape index (κ1) is 98.4. The molecule has 107 heavy (non-hydrogen) atoms. The quantitative estimate of drug-likeness (QED) is 0.0199. The lowest BCUT2D eigenvalue weighted by Crippen LogP contribution is -2.66. The molecule has 0 bridgehead atoms. The van der Waals surface area contributed by atoms with Gasteiger partial charge in [-0.25, -0.2) is 0 Å². The third-order valence-corrected chi connectivity index (χ3v) is 21.5. The smallest absolute Gasteiger partial charge is 0.220 e. The first-order chi connectivity index (χ1) is 52.3. The summed E-state index contributed by atoms with van der Waals surface area (Å²) in [5, 5.41) is 121. The summed E-state index contributed by atoms with van der Waals surface area (Å²) in [5.41, 5.74) is 0. The fraction of sp³-hybridized carbons (Fsp3) is 0.852. The van der Waals surface area contributed by atoms with Gasteiger partial charge < -0.3 is 89.9 Å². The molecule has 624 valence electrons. The third-order valence-electron chi connectivity index (χ3n) is 21.5. The lowest BCUT2D eigenvalue weighted by molar-refractivity contribution is -0.379. The van der Waals surface area contributed by atoms with E-state index in [9.17, 15) is 61.0 Å². The van der Waals surface area contributed by atoms with Crippen molar-refractivity contribution in [2.45, 2.75) is 452 Å². The predicted molar refractivity (Wildman–Crippen MR) is 429 cm³/mol. The summed E-state index contributed by atoms with van der Waals surface area (Å²) >= 11 is 0. The van der Waals surface area contributed by atoms with Crippen molar-refractivity contribution in [2.24, 2.45) is 0 Å². The molecule has 17 atom stereocenters. The Labute approximate surface area is 648 Å². The molecule has 0 aromatic heterocycles. The normalized spacial score (nSPS) is 25.9. The van der Waals surface area contributed by atoms with Crippen LogP contribution in [0.25, 0.3) is 0 Å². The van der Waals surface area contributed by atoms with Crippen LogP contribution < -0.4 is 5.32 Å². The minimum atomic E-state index is -1.98. The van der Waals surface area contributed by atoms with Crippen LogP contribution in [0.3, 0.4) is 0 Å². The van der Waals surface area contributed by atoms with Gasteiger partial charge in [0.15, 0.2) is 18.9 Å². The fourth-order valence-electron chi connectivity index (χ4n) is 14.6. The number of carbonyl (C=O) groups is 1. The van der Waals surface area contributed by atoms with Crippen molar-refractivity contribution >= 4 is 5.91 Å². The molecule has 3 rings (SSSR count). The van der Waals surface area contributed by atoms with E-state index in [4.69, 9.17) is 28.4 Å². The third kappa shape index (κ3) is 46.9. The molecule has 1 amide bonds. The minimum Gasteiger partial charge on any atom is -0.394 e. The van der Waals surface area contributed by atoms with E-state index in [0.29, 0.717) is 12.8 Å². The molecule has 0 radical (unpaired) electrons. The van der Waals surface area contributed by atoms with Crippen LogP contribution in [0.1, 0.15) is 348 Å². The molecule has 0 aromatic rings. The van der Waals surface area contributed by atoms with Crippen LogP contribution >= 0.6 is 0 Å². The molecule has 0 spiro atoms. The van der Waals surface area contributed by atoms with Crippen molar-refractivity contribution in [3.63, 3.8) is 0 Å². The van der Waals surface area contributed by atoms with Crippen LogP contribution in [-0.4, -0.2) is 193 Å². The number of aliphatic hydroxyl groups is 11. The molecule has 12 N–H and O–H groups in total. The van der Waals surface area contributed by atoms with Crippen LogP contribution in [0.15, 0.2) is 72.9 Å². The van der Waals surface area contributed by atoms with E-state index in [0.717, 1.165) is 64.2 Å². The van der Waals surface area contributed by atoms with Gasteiger partial charge in [0, 0.05) is 6.42 Å². The summed E-state index contributed by atoms with van der Waals surface area (Å²) in [6.07, 6.45) is 63.4. The number of carbonyl (C=O) groups excluding carboxylic acids is 1. The first-order valence-corrected chi connectivity index (χ1v) is 43.7. The SMILES string of the molecule is CC/C=C\C/C=C\C/C=C\C/C=C\CCCCCCCCCCCCCCCCCCCCC(=O)NC(COC1OC(CO)C(OC2OC(CO)C(OC3OC(CO)C(O)C(O)C3O)C(O)C2O)C(O)C1O)C(O)/C=C/CC/C=C/CCCCCCCCCCCCCCCCCCCCCCCCCCC. The first-order valence-electron chi connectivity index (χ1n) is 43.7. The number of unbranched alkanes of at least 4 members (excludes halogenated alkanes) is 44. The Morgan fingerprint density at radius 2 is 0.654 bits per heavy atom. The molecular formula is C88H159NO18. The molecule has 19 nitrogen and oxygen atoms in total. The average Bonchev–Trinajstić information content (AvgIpc) is 0.780. The Morgan fingerprint density at radius 1 is 0.346 bits per heavy atom. The summed E-state index contributed by atoms with van der Waals surface area (Å²) in [4.78, 5) is 13.5. The highest BCUT2D eigenvalue weighted by atomic mass is 16.8. The van der Waals surface area contributed by atoms with E-state index in [1.165, 1.54) is 250 Å². The second kappa shape index (κ2) is 67.7. The van der Waals surface area contributed by atoms with Crippen LogP contribution in [0.2, 0.25) is 0 Å². The van der Waals surface area contributed by atoms with Gasteiger partial charge >= 0.3 is 0 Å². The second-order valence-corrected chi connectivity index (χ2v) is 31.0. The summed E-state index contributed by atoms with van der Waals surface area (Å²) < 4.78 is 34.5. The van der Waals surface area contributed by atoms with Crippen LogP contribution in [0.5, 0.6) is 0 Å². The van der Waals surface area contributed by atoms with Crippen molar-refractivity contribution in [1.29, 1.82) is 0 Å². The van der Waals surface area contributed by atoms with Crippen molar-refractivity contribution in [3.05, 3.63) is 72.9 Å². The van der Waals surface area contributed by atoms with E-state index >= 15 is 0 Å². The molecule has 19 heteroatoms. The van der Waals surface area contributed by atoms with E-state index < -0.39 is 124 Å². The van der Waals surface area contributed by atoms with Gasteiger partial charge in [-0.05, 0) is 70.6 Å². The summed E-state index contributed by atoms with van der Waals surface area (Å²) in [6, 6.07) is -0.994. The number of allylic oxidation sites excluding steroid dienone is 11. The van der Waals surface area contributed by atoms with Crippen LogP contribution in [0.4, 0.5) is 0 Å². The molecule has 3 saturated heterocycles. The molecule has 0 aliphatic carbocycles. The van der Waals surface area contributed by atoms with E-state index in [1.54, 1.807) is 6.08 Å². The lowest BCUT2D eigenvalue weighted by Gasteiger charge is -2.48. The molecule has 0 aromatic carbocycles. The number of rotatable bonds is 70. The molecule has 0 saturated carbocycles. The van der Waals surface area contributed by atoms with Gasteiger partial charge in [-0.15, -0.1) is 0 Å². The predicted octanol–water partition coefficient (Wildman–Crippen LogP) is 16.0. The summed E-state index contributed by atoms with van der Waals surface area (Å²) in [7, 11) is 0. The van der Waals surface area contributed by atoms with Crippen LogP contribution in [-0.2, 0) is 33.2 Å². The Bertz CT molecular complexity index is 2210. The number of hydrogen-bond donors (Lipinski definition) is 12. The Hall–Kier alpha value is -2.77. The fourth-order valence-corrected chi connectivity index (χ4v) is 14.6. The zero-order valence-corrected chi connectivity index (χ0v) is 67.1. The number of amides is 1. The van der Waals surface area contributed by atoms with Gasteiger partial charge in [-0.1, -0.05) is 344 Å². The van der Waals surface area contributed by atoms with Gasteiger partial charge in [-0.3, -0.25) is 4.79 Å². The Morgan fingerprint density at radius 3 is 1.05 bits per heavy atom. The zero-order chi connectivity index (χ0) is 77.4. The molecule has 17 unspecified atom stereocenters. The second-order valence-electron chi connectivity index (χ2n) is 31.0. The molecular weight excluding hydrogens is 1360 g/mol. The van der Waals surface area contributed by atoms with Gasteiger partial charge in [0.05, 0.1) is 38.6 Å². The van der Waals surface area contributed by atoms with Gasteiger partial charge in [0.25, 0.3) is 0 Å². The molecule has 3 heterocycles. The maximum Gasteiger partial charge on any atom is 0.220 e. The Balaban J connectivity index is 1.35. The summed E-state index contributed by atoms with van der Waals surface area (Å²) in [6.45, 7) is 1.66. The van der Waals surface area contributed by atoms with Gasteiger partial charge in [0.2, 0.25) is 5.91 Å². The van der Waals surface area contributed by atoms with E-state index in [2.05, 4.69) is 79.9 Å². The number of nitrogens with one attached hydrogen (secondary N) is 1. The molecule has 3 aliphatic heterocycles. The van der Waals surface area contributed by atoms with E-state index in [1.807, 2.05) is 6.08 Å². The maximum absolute atomic E-state index is 13.5. The Kier molecular flexibility index (Phi) is 62.3. The lowest BCUT2D eigenvalue weighted by atomic mass is 9.96. The largest absolute Gasteiger partial charge is 0.394 e. The topological polar surface area (TPSA) is 307 Å². The number of hydrogen-bond acceptors (Lipinski definition) is 18. The van der Waals surface area contributed by atoms with Crippen molar-refractivity contribution in [2.75, 3.05) is 26.4 Å². The summed E-state index contributed by atoms with van der Waals surface area (Å²) in [5.74, 6) is -0.281. The molecule has 3 aliphatic rings. The monoisotopic (exact) mass is 1520 g/mol. The van der Waals surface area contributed by atoms with Crippen molar-refractivity contribution in [3.8, 4) is 0 Å². The number of ether oxygens (including phenoxy) is 6. The minimum absolute atomic E-state index is 0.235. The highest BCUT2D eigenvalue weighted by Gasteiger charge is 2.54. The van der Waals surface area contributed by atoms with Crippen molar-refractivity contribution in [1.82, 2.24) is 5.32 Å². The van der Waals surface area contributed by atoms with E-state index in [-0.39, 0.29) is 18.9 Å². The average molecular weight is 1520 g/mol. The van der Waals surface area contributed by atoms with Gasteiger partial charge in [0.1, 0.15) is 73.2 Å². The standard InChI is InChI=1S/C88H159NO18/c1-3-5-7-9-11-13-15-17-19-21-23-25-27-29-31-33-35-37-39-41-43-45-47-49-51-53-55-57-59-61-63-65-72(93)71(89-76(94)66-64-62-60-58-56-54-52-50-48-46-44-42-40-38-36-34-32-30-28-26-24-22-20-18-16-14-12-10-8-6-4-2)70-102-86-82(100)79(97)84(74(68-91)104-86)107-88-83(101)80(98)85(75(69-92)105-88)106-87-81(99)78(96)77(95)73(67-90)103-87/h6,8,12,14,18,20,24,26,55,57,63,65,71-75,77-88,90-93,95-101H,3-5,7,9-11,13,15-17,19,21-23,25,27-54,56,58-62,64,66-70H2,1-2H3,(H,89,94)/b8-6-,14-12-,20-18-,26-24-,57-55+,65-63+. The molecule has 3 fully saturated rings. The highest BCUT2D eigenvalue weighted by molar-refractivity contribution is 5.76. The highest BCUT2D eigenvalue weighted by Crippen LogP contribution is 2.33.